The van der Waals surface area contributed by atoms with Crippen LogP contribution in [0.4, 0.5) is 5.69 Å². The van der Waals surface area contributed by atoms with Crippen molar-refractivity contribution in [2.24, 2.45) is 0 Å². The number of aryl methyl sites for hydroxylation is 2. The summed E-state index contributed by atoms with van der Waals surface area (Å²) < 4.78 is 1.69. The van der Waals surface area contributed by atoms with Crippen molar-refractivity contribution in [1.82, 2.24) is 9.55 Å². The molecule has 0 aliphatic carbocycles. The van der Waals surface area contributed by atoms with E-state index in [-0.39, 0.29) is 11.5 Å². The maximum Gasteiger partial charge on any atom is 0.272 e. The van der Waals surface area contributed by atoms with Gasteiger partial charge in [-0.25, -0.2) is 4.98 Å². The molecule has 3 rings (SSSR count). The van der Waals surface area contributed by atoms with Crippen molar-refractivity contribution in [3.8, 4) is 0 Å². The van der Waals surface area contributed by atoms with Crippen LogP contribution < -0.4 is 10.5 Å². The van der Waals surface area contributed by atoms with Crippen LogP contribution in [0, 0.1) is 6.92 Å². The third kappa shape index (κ3) is 3.77. The number of unbranched alkanes of at least 4 members (excludes halogenated alkanes) is 1. The normalized spacial score (nSPS) is 10.9. The number of fused-ring (bicyclic) bond motifs is 1. The van der Waals surface area contributed by atoms with Crippen LogP contribution in [-0.2, 0) is 6.54 Å². The van der Waals surface area contributed by atoms with E-state index in [0.29, 0.717) is 29.9 Å². The highest BCUT2D eigenvalue weighted by Crippen LogP contribution is 2.20. The predicted molar refractivity (Wildman–Crippen MR) is 109 cm³/mol. The Morgan fingerprint density at radius 1 is 1.11 bits per heavy atom. The average molecular weight is 363 g/mol. The van der Waals surface area contributed by atoms with Gasteiger partial charge in [-0.05, 0) is 50.6 Å². The number of rotatable bonds is 6. The molecule has 0 saturated heterocycles. The Labute approximate surface area is 159 Å². The molecule has 0 unspecified atom stereocenters. The minimum absolute atomic E-state index is 0.0507. The fraction of sp³-hybridized carbons (Fsp3) is 0.318. The van der Waals surface area contributed by atoms with Gasteiger partial charge in [0.05, 0.1) is 11.0 Å². The van der Waals surface area contributed by atoms with Gasteiger partial charge in [0.1, 0.15) is 5.69 Å². The standard InChI is InChI=1S/C22H25N3O2/c1-4-6-14-25(18-10-8-7-9-11-18)22(27)17-12-13-20-19(15-17)23-16(3)21(26)24(20)5-2/h7-13,15H,4-6,14H2,1-3H3. The van der Waals surface area contributed by atoms with E-state index in [0.717, 1.165) is 24.0 Å². The summed E-state index contributed by atoms with van der Waals surface area (Å²) in [5.41, 5.74) is 3.25. The summed E-state index contributed by atoms with van der Waals surface area (Å²) in [4.78, 5) is 31.7. The zero-order valence-electron chi connectivity index (χ0n) is 16.1. The Balaban J connectivity index is 2.05. The second-order valence-corrected chi connectivity index (χ2v) is 6.60. The maximum atomic E-state index is 13.2. The Morgan fingerprint density at radius 3 is 2.52 bits per heavy atom. The number of para-hydroxylation sites is 1. The lowest BCUT2D eigenvalue weighted by molar-refractivity contribution is 0.0986. The maximum absolute atomic E-state index is 13.2. The largest absolute Gasteiger partial charge is 0.308 e. The Bertz CT molecular complexity index is 1010. The van der Waals surface area contributed by atoms with Crippen molar-refractivity contribution in [2.45, 2.75) is 40.2 Å². The summed E-state index contributed by atoms with van der Waals surface area (Å²) >= 11 is 0. The lowest BCUT2D eigenvalue weighted by atomic mass is 10.1. The second-order valence-electron chi connectivity index (χ2n) is 6.60. The Hall–Kier alpha value is -2.95. The first-order valence-electron chi connectivity index (χ1n) is 9.45. The molecule has 1 amide bonds. The SMILES string of the molecule is CCCCN(C(=O)c1ccc2c(c1)nc(C)c(=O)n2CC)c1ccccc1. The number of carbonyl (C=O) groups excluding carboxylic acids is 1. The lowest BCUT2D eigenvalue weighted by Gasteiger charge is -2.23. The monoisotopic (exact) mass is 363 g/mol. The number of hydrogen-bond donors (Lipinski definition) is 0. The first-order chi connectivity index (χ1) is 13.1. The van der Waals surface area contributed by atoms with Gasteiger partial charge in [-0.3, -0.25) is 9.59 Å². The Kier molecular flexibility index (Phi) is 5.69. The summed E-state index contributed by atoms with van der Waals surface area (Å²) in [6.45, 7) is 6.98. The van der Waals surface area contributed by atoms with Crippen LogP contribution in [0.25, 0.3) is 11.0 Å². The van der Waals surface area contributed by atoms with Crippen LogP contribution in [0.2, 0.25) is 0 Å². The van der Waals surface area contributed by atoms with Crippen LogP contribution in [0.5, 0.6) is 0 Å². The van der Waals surface area contributed by atoms with Crippen molar-refractivity contribution in [2.75, 3.05) is 11.4 Å². The first kappa shape index (κ1) is 18.8. The van der Waals surface area contributed by atoms with Crippen LogP contribution in [0.1, 0.15) is 42.7 Å². The van der Waals surface area contributed by atoms with E-state index in [4.69, 9.17) is 0 Å². The summed E-state index contributed by atoms with van der Waals surface area (Å²) in [6, 6.07) is 15.1. The highest BCUT2D eigenvalue weighted by molar-refractivity contribution is 6.07. The average Bonchev–Trinajstić information content (AvgIpc) is 2.69. The summed E-state index contributed by atoms with van der Waals surface area (Å²) in [5, 5.41) is 0. The van der Waals surface area contributed by atoms with Crippen LogP contribution in [0.15, 0.2) is 53.3 Å². The number of hydrogen-bond acceptors (Lipinski definition) is 3. The van der Waals surface area contributed by atoms with Crippen molar-refractivity contribution in [3.05, 3.63) is 70.1 Å². The number of carbonyl (C=O) groups is 1. The van der Waals surface area contributed by atoms with Gasteiger partial charge in [0.2, 0.25) is 0 Å². The first-order valence-corrected chi connectivity index (χ1v) is 9.45. The number of anilines is 1. The third-order valence-corrected chi connectivity index (χ3v) is 4.72. The van der Waals surface area contributed by atoms with E-state index in [1.165, 1.54) is 0 Å². The van der Waals surface area contributed by atoms with Crippen molar-refractivity contribution in [1.29, 1.82) is 0 Å². The molecule has 0 fully saturated rings. The fourth-order valence-corrected chi connectivity index (χ4v) is 3.25. The number of aromatic nitrogens is 2. The molecule has 0 spiro atoms. The summed E-state index contributed by atoms with van der Waals surface area (Å²) in [6.07, 6.45) is 1.94. The Morgan fingerprint density at radius 2 is 1.85 bits per heavy atom. The molecule has 3 aromatic rings. The molecule has 0 atom stereocenters. The van der Waals surface area contributed by atoms with E-state index in [9.17, 15) is 9.59 Å². The molecule has 0 N–H and O–H groups in total. The lowest BCUT2D eigenvalue weighted by Crippen LogP contribution is -2.32. The molecule has 0 aliphatic heterocycles. The molecule has 0 saturated carbocycles. The van der Waals surface area contributed by atoms with Gasteiger partial charge >= 0.3 is 0 Å². The van der Waals surface area contributed by atoms with E-state index in [1.807, 2.05) is 48.2 Å². The molecule has 0 bridgehead atoms. The van der Waals surface area contributed by atoms with E-state index in [2.05, 4.69) is 11.9 Å². The molecule has 2 aromatic carbocycles. The van der Waals surface area contributed by atoms with Crippen LogP contribution >= 0.6 is 0 Å². The molecular weight excluding hydrogens is 338 g/mol. The van der Waals surface area contributed by atoms with E-state index >= 15 is 0 Å². The molecular formula is C22H25N3O2. The minimum atomic E-state index is -0.0852. The molecule has 5 heteroatoms. The van der Waals surface area contributed by atoms with E-state index in [1.54, 1.807) is 23.6 Å². The zero-order chi connectivity index (χ0) is 19.4. The molecule has 0 radical (unpaired) electrons. The topological polar surface area (TPSA) is 55.2 Å². The number of benzene rings is 2. The van der Waals surface area contributed by atoms with Crippen molar-refractivity contribution < 1.29 is 4.79 Å². The van der Waals surface area contributed by atoms with E-state index < -0.39 is 0 Å². The summed E-state index contributed by atoms with van der Waals surface area (Å²) in [7, 11) is 0. The van der Waals surface area contributed by atoms with Gasteiger partial charge in [0.25, 0.3) is 11.5 Å². The second kappa shape index (κ2) is 8.16. The van der Waals surface area contributed by atoms with Gasteiger partial charge in [0, 0.05) is 24.3 Å². The predicted octanol–water partition coefficient (Wildman–Crippen LogP) is 4.17. The quantitative estimate of drug-likeness (QED) is 0.660. The van der Waals surface area contributed by atoms with Gasteiger partial charge in [0.15, 0.2) is 0 Å². The number of amides is 1. The smallest absolute Gasteiger partial charge is 0.272 e. The van der Waals surface area contributed by atoms with Crippen LogP contribution in [-0.4, -0.2) is 22.0 Å². The van der Waals surface area contributed by atoms with Gasteiger partial charge in [-0.2, -0.15) is 0 Å². The molecule has 1 aromatic heterocycles. The summed E-state index contributed by atoms with van der Waals surface area (Å²) in [5.74, 6) is -0.0507. The van der Waals surface area contributed by atoms with Gasteiger partial charge < -0.3 is 9.47 Å². The van der Waals surface area contributed by atoms with Gasteiger partial charge in [-0.1, -0.05) is 31.5 Å². The molecule has 0 aliphatic rings. The fourth-order valence-electron chi connectivity index (χ4n) is 3.25. The minimum Gasteiger partial charge on any atom is -0.308 e. The third-order valence-electron chi connectivity index (χ3n) is 4.72. The zero-order valence-corrected chi connectivity index (χ0v) is 16.1. The van der Waals surface area contributed by atoms with Crippen molar-refractivity contribution >= 4 is 22.6 Å². The van der Waals surface area contributed by atoms with Crippen molar-refractivity contribution in [3.63, 3.8) is 0 Å². The molecule has 1 heterocycles. The molecule has 5 nitrogen and oxygen atoms in total. The highest BCUT2D eigenvalue weighted by atomic mass is 16.2. The van der Waals surface area contributed by atoms with Crippen LogP contribution in [0.3, 0.4) is 0 Å². The molecule has 140 valence electrons. The van der Waals surface area contributed by atoms with Gasteiger partial charge in [-0.15, -0.1) is 0 Å². The highest BCUT2D eigenvalue weighted by Gasteiger charge is 2.18. The number of nitrogens with zero attached hydrogens (tertiary/aromatic N) is 3. The molecule has 27 heavy (non-hydrogen) atoms.